The van der Waals surface area contributed by atoms with E-state index in [1.807, 2.05) is 23.5 Å². The van der Waals surface area contributed by atoms with Crippen LogP contribution in [-0.2, 0) is 0 Å². The number of thioether (sulfide) groups is 2. The first kappa shape index (κ1) is 12.3. The number of rotatable bonds is 4. The topological polar surface area (TPSA) is 64.9 Å². The number of hydrogen-bond donors (Lipinski definition) is 1. The van der Waals surface area contributed by atoms with Gasteiger partial charge < -0.3 is 10.3 Å². The Labute approximate surface area is 104 Å². The highest BCUT2D eigenvalue weighted by atomic mass is 32.2. The van der Waals surface area contributed by atoms with Gasteiger partial charge in [0.1, 0.15) is 0 Å². The normalized spacial score (nSPS) is 23.2. The molecular formula is C10H17N3OS2. The average molecular weight is 259 g/mol. The van der Waals surface area contributed by atoms with E-state index in [1.165, 1.54) is 11.5 Å². The van der Waals surface area contributed by atoms with E-state index in [9.17, 15) is 0 Å². The molecule has 1 aliphatic rings. The first-order valence-electron chi connectivity index (χ1n) is 5.54. The standard InChI is InChI=1S/C10H17N3OS2/c1-7(2-3-11)10-12-9(13-14-10)8-6-15-4-5-16-8/h7-8H,2-6,11H2,1H3. The average Bonchev–Trinajstić information content (AvgIpc) is 2.80. The Kier molecular flexibility index (Phi) is 4.55. The Bertz CT molecular complexity index is 326. The van der Waals surface area contributed by atoms with Crippen LogP contribution in [0.3, 0.4) is 0 Å². The van der Waals surface area contributed by atoms with Crippen LogP contribution < -0.4 is 5.73 Å². The molecular weight excluding hydrogens is 242 g/mol. The van der Waals surface area contributed by atoms with E-state index < -0.39 is 0 Å². The lowest BCUT2D eigenvalue weighted by Crippen LogP contribution is -2.08. The minimum atomic E-state index is 0.271. The van der Waals surface area contributed by atoms with Crippen molar-refractivity contribution in [3.63, 3.8) is 0 Å². The molecule has 0 amide bonds. The molecule has 2 unspecified atom stereocenters. The van der Waals surface area contributed by atoms with E-state index in [-0.39, 0.29) is 5.92 Å². The summed E-state index contributed by atoms with van der Waals surface area (Å²) >= 11 is 3.89. The Morgan fingerprint density at radius 2 is 2.44 bits per heavy atom. The maximum atomic E-state index is 5.52. The van der Waals surface area contributed by atoms with Gasteiger partial charge in [0, 0.05) is 23.2 Å². The van der Waals surface area contributed by atoms with Crippen molar-refractivity contribution >= 4 is 23.5 Å². The van der Waals surface area contributed by atoms with Crippen LogP contribution in [0.1, 0.15) is 36.2 Å². The molecule has 4 nitrogen and oxygen atoms in total. The lowest BCUT2D eigenvalue weighted by Gasteiger charge is -2.17. The third-order valence-corrected chi connectivity index (χ3v) is 5.33. The van der Waals surface area contributed by atoms with Crippen LogP contribution in [0, 0.1) is 0 Å². The monoisotopic (exact) mass is 259 g/mol. The number of hydrogen-bond acceptors (Lipinski definition) is 6. The van der Waals surface area contributed by atoms with Crippen LogP contribution in [-0.4, -0.2) is 33.9 Å². The molecule has 1 aromatic rings. The largest absolute Gasteiger partial charge is 0.339 e. The van der Waals surface area contributed by atoms with Crippen LogP contribution in [0.25, 0.3) is 0 Å². The summed E-state index contributed by atoms with van der Waals surface area (Å²) in [6.45, 7) is 2.74. The molecule has 0 bridgehead atoms. The lowest BCUT2D eigenvalue weighted by molar-refractivity contribution is 0.351. The number of aromatic nitrogens is 2. The molecule has 6 heteroatoms. The van der Waals surface area contributed by atoms with Crippen LogP contribution in [0.15, 0.2) is 4.52 Å². The fraction of sp³-hybridized carbons (Fsp3) is 0.800. The molecule has 1 aromatic heterocycles. The molecule has 2 heterocycles. The minimum absolute atomic E-state index is 0.271. The fourth-order valence-electron chi connectivity index (χ4n) is 1.59. The van der Waals surface area contributed by atoms with Gasteiger partial charge in [-0.15, -0.1) is 11.8 Å². The summed E-state index contributed by atoms with van der Waals surface area (Å²) in [5.74, 6) is 5.36. The lowest BCUT2D eigenvalue weighted by atomic mass is 10.1. The highest BCUT2D eigenvalue weighted by molar-refractivity contribution is 8.06. The maximum Gasteiger partial charge on any atom is 0.229 e. The van der Waals surface area contributed by atoms with Crippen molar-refractivity contribution in [1.29, 1.82) is 0 Å². The van der Waals surface area contributed by atoms with Gasteiger partial charge in [0.25, 0.3) is 0 Å². The maximum absolute atomic E-state index is 5.52. The second-order valence-corrected chi connectivity index (χ2v) is 6.36. The molecule has 2 N–H and O–H groups in total. The quantitative estimate of drug-likeness (QED) is 0.892. The molecule has 16 heavy (non-hydrogen) atoms. The molecule has 0 spiro atoms. The second kappa shape index (κ2) is 5.93. The number of nitrogens with zero attached hydrogens (tertiary/aromatic N) is 2. The Morgan fingerprint density at radius 1 is 1.56 bits per heavy atom. The van der Waals surface area contributed by atoms with Gasteiger partial charge in [-0.2, -0.15) is 16.7 Å². The van der Waals surface area contributed by atoms with Crippen LogP contribution in [0.4, 0.5) is 0 Å². The van der Waals surface area contributed by atoms with E-state index >= 15 is 0 Å². The second-order valence-electron chi connectivity index (χ2n) is 3.90. The van der Waals surface area contributed by atoms with Crippen molar-refractivity contribution in [1.82, 2.24) is 10.1 Å². The Balaban J connectivity index is 2.00. The minimum Gasteiger partial charge on any atom is -0.339 e. The Morgan fingerprint density at radius 3 is 3.12 bits per heavy atom. The summed E-state index contributed by atoms with van der Waals surface area (Å²) in [7, 11) is 0. The number of nitrogens with two attached hydrogens (primary N) is 1. The SMILES string of the molecule is CC(CCN)c1nc(C2CSCCS2)no1. The zero-order valence-electron chi connectivity index (χ0n) is 9.39. The van der Waals surface area contributed by atoms with Gasteiger partial charge in [-0.1, -0.05) is 12.1 Å². The molecule has 90 valence electrons. The molecule has 0 radical (unpaired) electrons. The van der Waals surface area contributed by atoms with Gasteiger partial charge in [0.15, 0.2) is 5.82 Å². The summed E-state index contributed by atoms with van der Waals surface area (Å²) < 4.78 is 5.29. The van der Waals surface area contributed by atoms with E-state index in [0.29, 0.717) is 11.8 Å². The zero-order chi connectivity index (χ0) is 11.4. The van der Waals surface area contributed by atoms with Crippen LogP contribution in [0.5, 0.6) is 0 Å². The van der Waals surface area contributed by atoms with Crippen molar-refractivity contribution in [2.45, 2.75) is 24.5 Å². The fourth-order valence-corrected chi connectivity index (χ4v) is 4.18. The van der Waals surface area contributed by atoms with Crippen molar-refractivity contribution in [3.05, 3.63) is 11.7 Å². The van der Waals surface area contributed by atoms with Crippen molar-refractivity contribution < 1.29 is 4.52 Å². The van der Waals surface area contributed by atoms with Crippen molar-refractivity contribution in [2.24, 2.45) is 5.73 Å². The highest BCUT2D eigenvalue weighted by Crippen LogP contribution is 2.35. The van der Waals surface area contributed by atoms with E-state index in [4.69, 9.17) is 10.3 Å². The predicted molar refractivity (Wildman–Crippen MR) is 68.9 cm³/mol. The van der Waals surface area contributed by atoms with Crippen molar-refractivity contribution in [3.8, 4) is 0 Å². The van der Waals surface area contributed by atoms with Crippen molar-refractivity contribution in [2.75, 3.05) is 23.8 Å². The first-order valence-corrected chi connectivity index (χ1v) is 7.74. The molecule has 2 rings (SSSR count). The first-order chi connectivity index (χ1) is 7.81. The van der Waals surface area contributed by atoms with E-state index in [0.717, 1.165) is 23.9 Å². The molecule has 1 aliphatic heterocycles. The summed E-state index contributed by atoms with van der Waals surface area (Å²) in [6, 6.07) is 0. The van der Waals surface area contributed by atoms with Gasteiger partial charge in [-0.25, -0.2) is 0 Å². The third-order valence-electron chi connectivity index (χ3n) is 2.58. The van der Waals surface area contributed by atoms with Crippen LogP contribution in [0.2, 0.25) is 0 Å². The molecule has 0 saturated carbocycles. The van der Waals surface area contributed by atoms with E-state index in [1.54, 1.807) is 0 Å². The zero-order valence-corrected chi connectivity index (χ0v) is 11.0. The van der Waals surface area contributed by atoms with Crippen LogP contribution >= 0.6 is 23.5 Å². The van der Waals surface area contributed by atoms with Gasteiger partial charge in [-0.3, -0.25) is 0 Å². The van der Waals surface area contributed by atoms with Gasteiger partial charge in [-0.05, 0) is 13.0 Å². The summed E-state index contributed by atoms with van der Waals surface area (Å²) in [4.78, 5) is 4.48. The van der Waals surface area contributed by atoms with Gasteiger partial charge in [0.05, 0.1) is 5.25 Å². The molecule has 1 saturated heterocycles. The highest BCUT2D eigenvalue weighted by Gasteiger charge is 2.23. The summed E-state index contributed by atoms with van der Waals surface area (Å²) in [5.41, 5.74) is 5.52. The Hall–Kier alpha value is -0.200. The molecule has 1 fully saturated rings. The summed E-state index contributed by atoms with van der Waals surface area (Å²) in [6.07, 6.45) is 0.897. The molecule has 0 aromatic carbocycles. The van der Waals surface area contributed by atoms with Gasteiger partial charge in [0.2, 0.25) is 5.89 Å². The van der Waals surface area contributed by atoms with E-state index in [2.05, 4.69) is 17.1 Å². The molecule has 2 atom stereocenters. The molecule has 0 aliphatic carbocycles. The summed E-state index contributed by atoms with van der Waals surface area (Å²) in [5, 5.41) is 4.49. The third kappa shape index (κ3) is 2.93. The smallest absolute Gasteiger partial charge is 0.229 e. The van der Waals surface area contributed by atoms with Gasteiger partial charge >= 0.3 is 0 Å². The predicted octanol–water partition coefficient (Wildman–Crippen LogP) is 2.04.